The number of hydrogen-bond acceptors (Lipinski definition) is 4. The smallest absolute Gasteiger partial charge is 0.145 e. The Labute approximate surface area is 108 Å². The Kier molecular flexibility index (Phi) is 6.39. The van der Waals surface area contributed by atoms with Crippen molar-refractivity contribution < 1.29 is 14.7 Å². The molecule has 0 saturated carbocycles. The average molecular weight is 251 g/mol. The molecule has 100 valence electrons. The van der Waals surface area contributed by atoms with Gasteiger partial charge in [0.15, 0.2) is 0 Å². The van der Waals surface area contributed by atoms with E-state index in [1.165, 1.54) is 0 Å². The molecule has 18 heavy (non-hydrogen) atoms. The van der Waals surface area contributed by atoms with Gasteiger partial charge < -0.3 is 14.7 Å². The molecular formula is C14H21NO3. The summed E-state index contributed by atoms with van der Waals surface area (Å²) in [5, 5.41) is 13.4. The monoisotopic (exact) mass is 251 g/mol. The summed E-state index contributed by atoms with van der Waals surface area (Å²) in [6, 6.07) is 7.88. The minimum atomic E-state index is -0.651. The van der Waals surface area contributed by atoms with Gasteiger partial charge in [-0.2, -0.15) is 0 Å². The molecule has 1 atom stereocenters. The summed E-state index contributed by atoms with van der Waals surface area (Å²) < 4.78 is 5.26. The van der Waals surface area contributed by atoms with Crippen LogP contribution in [0.25, 0.3) is 0 Å². The molecule has 0 aliphatic heterocycles. The number of aliphatic hydroxyl groups excluding tert-OH is 1. The lowest BCUT2D eigenvalue weighted by molar-refractivity contribution is -0.0343. The van der Waals surface area contributed by atoms with Crippen molar-refractivity contribution in [3.05, 3.63) is 35.4 Å². The molecule has 1 aromatic rings. The number of oxime groups is 1. The normalized spacial score (nSPS) is 13.2. The largest absolute Gasteiger partial charge is 0.393 e. The predicted octanol–water partition coefficient (Wildman–Crippen LogP) is 2.13. The van der Waals surface area contributed by atoms with Gasteiger partial charge in [0.05, 0.1) is 18.9 Å². The van der Waals surface area contributed by atoms with Gasteiger partial charge in [0.2, 0.25) is 0 Å². The molecule has 1 aromatic carbocycles. The van der Waals surface area contributed by atoms with Crippen LogP contribution in [0.4, 0.5) is 0 Å². The minimum Gasteiger partial charge on any atom is -0.393 e. The van der Waals surface area contributed by atoms with E-state index >= 15 is 0 Å². The van der Waals surface area contributed by atoms with E-state index in [9.17, 15) is 5.11 Å². The lowest BCUT2D eigenvalue weighted by Gasteiger charge is -2.11. The Bertz CT molecular complexity index is 377. The molecule has 0 aliphatic carbocycles. The van der Waals surface area contributed by atoms with Gasteiger partial charge in [0.25, 0.3) is 0 Å². The summed E-state index contributed by atoms with van der Waals surface area (Å²) in [5.74, 6) is 0. The van der Waals surface area contributed by atoms with Crippen LogP contribution in [0.1, 0.15) is 25.0 Å². The van der Waals surface area contributed by atoms with E-state index in [0.717, 1.165) is 11.1 Å². The van der Waals surface area contributed by atoms with Crippen molar-refractivity contribution in [1.29, 1.82) is 0 Å². The van der Waals surface area contributed by atoms with Crippen molar-refractivity contribution in [2.24, 2.45) is 5.16 Å². The predicted molar refractivity (Wildman–Crippen MR) is 71.8 cm³/mol. The third-order valence-corrected chi connectivity index (χ3v) is 2.34. The van der Waals surface area contributed by atoms with E-state index in [2.05, 4.69) is 5.16 Å². The molecule has 1 N–H and O–H groups in total. The fraction of sp³-hybridized carbons (Fsp3) is 0.500. The van der Waals surface area contributed by atoms with Gasteiger partial charge in [-0.3, -0.25) is 0 Å². The van der Waals surface area contributed by atoms with Crippen LogP contribution in [0.3, 0.4) is 0 Å². The van der Waals surface area contributed by atoms with Crippen LogP contribution in [0, 0.1) is 6.92 Å². The van der Waals surface area contributed by atoms with Crippen molar-refractivity contribution in [1.82, 2.24) is 0 Å². The van der Waals surface area contributed by atoms with E-state index in [4.69, 9.17) is 9.57 Å². The lowest BCUT2D eigenvalue weighted by atomic mass is 10.1. The maximum atomic E-state index is 9.53. The molecule has 1 rings (SSSR count). The number of ether oxygens (including phenoxy) is 1. The van der Waals surface area contributed by atoms with Crippen LogP contribution in [0.2, 0.25) is 0 Å². The molecule has 0 fully saturated rings. The molecule has 0 heterocycles. The summed E-state index contributed by atoms with van der Waals surface area (Å²) in [7, 11) is 0. The van der Waals surface area contributed by atoms with E-state index in [-0.39, 0.29) is 19.3 Å². The van der Waals surface area contributed by atoms with Gasteiger partial charge in [0.1, 0.15) is 12.7 Å². The van der Waals surface area contributed by atoms with Gasteiger partial charge in [-0.25, -0.2) is 0 Å². The second kappa shape index (κ2) is 7.84. The Morgan fingerprint density at radius 3 is 2.67 bits per heavy atom. The molecule has 0 amide bonds. The van der Waals surface area contributed by atoms with E-state index in [0.29, 0.717) is 0 Å². The molecule has 4 nitrogen and oxygen atoms in total. The summed E-state index contributed by atoms with van der Waals surface area (Å²) in [6.07, 6.45) is 1.10. The zero-order valence-corrected chi connectivity index (χ0v) is 11.2. The summed E-state index contributed by atoms with van der Waals surface area (Å²) in [5.41, 5.74) is 2.14. The van der Waals surface area contributed by atoms with Crippen LogP contribution in [-0.2, 0) is 9.57 Å². The highest BCUT2D eigenvalue weighted by atomic mass is 16.6. The van der Waals surface area contributed by atoms with Crippen LogP contribution >= 0.6 is 0 Å². The molecule has 4 heteroatoms. The highest BCUT2D eigenvalue weighted by molar-refractivity contribution is 5.80. The zero-order chi connectivity index (χ0) is 13.4. The molecule has 0 aromatic heterocycles. The maximum absolute atomic E-state index is 9.53. The van der Waals surface area contributed by atoms with Gasteiger partial charge in [0, 0.05) is 0 Å². The fourth-order valence-electron chi connectivity index (χ4n) is 1.31. The van der Waals surface area contributed by atoms with E-state index in [1.54, 1.807) is 6.21 Å². The van der Waals surface area contributed by atoms with Gasteiger partial charge in [-0.05, 0) is 31.9 Å². The molecule has 0 radical (unpaired) electrons. The van der Waals surface area contributed by atoms with Crippen LogP contribution in [0.15, 0.2) is 29.4 Å². The van der Waals surface area contributed by atoms with Crippen molar-refractivity contribution in [2.75, 3.05) is 13.2 Å². The quantitative estimate of drug-likeness (QED) is 0.596. The Morgan fingerprint density at radius 2 is 2.00 bits per heavy atom. The zero-order valence-electron chi connectivity index (χ0n) is 11.2. The van der Waals surface area contributed by atoms with Crippen molar-refractivity contribution in [2.45, 2.75) is 33.0 Å². The number of aliphatic hydroxyl groups is 1. The average Bonchev–Trinajstić information content (AvgIpc) is 2.34. The van der Waals surface area contributed by atoms with Crippen molar-refractivity contribution in [3.8, 4) is 0 Å². The van der Waals surface area contributed by atoms with Gasteiger partial charge in [-0.15, -0.1) is 0 Å². The highest BCUT2D eigenvalue weighted by Crippen LogP contribution is 2.03. The number of nitrogens with zero attached hydrogens (tertiary/aromatic N) is 1. The highest BCUT2D eigenvalue weighted by Gasteiger charge is 2.05. The first-order chi connectivity index (χ1) is 8.59. The first-order valence-electron chi connectivity index (χ1n) is 6.10. The fourth-order valence-corrected chi connectivity index (χ4v) is 1.31. The second-order valence-corrected chi connectivity index (χ2v) is 4.42. The SMILES string of the molecule is Cc1ccccc1/C=N/OCC(O)COC(C)C. The first kappa shape index (κ1) is 14.7. The van der Waals surface area contributed by atoms with E-state index in [1.807, 2.05) is 45.0 Å². The summed E-state index contributed by atoms with van der Waals surface area (Å²) >= 11 is 0. The van der Waals surface area contributed by atoms with Crippen LogP contribution in [0.5, 0.6) is 0 Å². The topological polar surface area (TPSA) is 51.0 Å². The Balaban J connectivity index is 2.27. The second-order valence-electron chi connectivity index (χ2n) is 4.42. The third-order valence-electron chi connectivity index (χ3n) is 2.34. The molecule has 0 spiro atoms. The molecular weight excluding hydrogens is 230 g/mol. The Hall–Kier alpha value is -1.39. The first-order valence-corrected chi connectivity index (χ1v) is 6.10. The molecule has 1 unspecified atom stereocenters. The van der Waals surface area contributed by atoms with Crippen LogP contribution < -0.4 is 0 Å². The molecule has 0 bridgehead atoms. The third kappa shape index (κ3) is 5.80. The number of hydrogen-bond donors (Lipinski definition) is 1. The van der Waals surface area contributed by atoms with Crippen molar-refractivity contribution >= 4 is 6.21 Å². The van der Waals surface area contributed by atoms with Crippen LogP contribution in [-0.4, -0.2) is 36.7 Å². The minimum absolute atomic E-state index is 0.107. The number of benzene rings is 1. The molecule has 0 saturated heterocycles. The van der Waals surface area contributed by atoms with Gasteiger partial charge >= 0.3 is 0 Å². The number of aryl methyl sites for hydroxylation is 1. The molecule has 0 aliphatic rings. The summed E-state index contributed by atoms with van der Waals surface area (Å²) in [4.78, 5) is 5.03. The maximum Gasteiger partial charge on any atom is 0.145 e. The number of rotatable bonds is 7. The van der Waals surface area contributed by atoms with Crippen molar-refractivity contribution in [3.63, 3.8) is 0 Å². The lowest BCUT2D eigenvalue weighted by Crippen LogP contribution is -2.22. The van der Waals surface area contributed by atoms with E-state index < -0.39 is 6.10 Å². The Morgan fingerprint density at radius 1 is 1.28 bits per heavy atom. The van der Waals surface area contributed by atoms with Gasteiger partial charge in [-0.1, -0.05) is 29.4 Å². The summed E-state index contributed by atoms with van der Waals surface area (Å²) in [6.45, 7) is 6.24. The standard InChI is InChI=1S/C14H21NO3/c1-11(2)17-9-14(16)10-18-15-8-13-7-5-4-6-12(13)3/h4-8,11,14,16H,9-10H2,1-3H3/b15-8+.